The minimum atomic E-state index is -0.0101. The minimum absolute atomic E-state index is 0.0101. The van der Waals surface area contributed by atoms with E-state index in [0.717, 1.165) is 44.6 Å². The molecule has 4 aromatic rings. The van der Waals surface area contributed by atoms with Gasteiger partial charge in [-0.25, -0.2) is 4.98 Å². The van der Waals surface area contributed by atoms with Crippen molar-refractivity contribution in [1.82, 2.24) is 20.2 Å². The van der Waals surface area contributed by atoms with Gasteiger partial charge in [0, 0.05) is 10.6 Å². The predicted octanol–water partition coefficient (Wildman–Crippen LogP) is 5.06. The third-order valence-electron chi connectivity index (χ3n) is 4.88. The molecule has 0 saturated carbocycles. The van der Waals surface area contributed by atoms with Crippen LogP contribution in [0.1, 0.15) is 34.7 Å². The summed E-state index contributed by atoms with van der Waals surface area (Å²) in [5.41, 5.74) is 3.40. The Labute approximate surface area is 179 Å². The first-order valence-electron chi connectivity index (χ1n) is 9.49. The van der Waals surface area contributed by atoms with Gasteiger partial charge in [0.1, 0.15) is 10.7 Å². The van der Waals surface area contributed by atoms with Gasteiger partial charge in [-0.1, -0.05) is 35.2 Å². The van der Waals surface area contributed by atoms with Gasteiger partial charge in [-0.05, 0) is 55.9 Å². The van der Waals surface area contributed by atoms with Gasteiger partial charge in [0.2, 0.25) is 5.13 Å². The maximum absolute atomic E-state index is 12.6. The predicted molar refractivity (Wildman–Crippen MR) is 121 cm³/mol. The fourth-order valence-electron chi connectivity index (χ4n) is 3.57. The molecular weight excluding hydrogens is 422 g/mol. The number of thioether (sulfide) groups is 1. The van der Waals surface area contributed by atoms with Crippen LogP contribution in [0, 0.1) is 6.92 Å². The lowest BCUT2D eigenvalue weighted by Crippen LogP contribution is -2.12. The maximum atomic E-state index is 12.6. The summed E-state index contributed by atoms with van der Waals surface area (Å²) >= 11 is 4.71. The largest absolute Gasteiger partial charge is 0.330 e. The van der Waals surface area contributed by atoms with Crippen molar-refractivity contribution in [3.05, 3.63) is 56.4 Å². The van der Waals surface area contributed by atoms with Gasteiger partial charge in [-0.3, -0.25) is 4.79 Å². The molecular formula is C20H19N5OS3. The van der Waals surface area contributed by atoms with Gasteiger partial charge < -0.3 is 10.3 Å². The molecule has 1 aliphatic carbocycles. The van der Waals surface area contributed by atoms with Crippen LogP contribution in [0.4, 0.5) is 10.8 Å². The highest BCUT2D eigenvalue weighted by molar-refractivity contribution is 8.00. The van der Waals surface area contributed by atoms with Gasteiger partial charge in [-0.15, -0.1) is 21.5 Å². The van der Waals surface area contributed by atoms with Crippen LogP contribution in [-0.4, -0.2) is 20.2 Å². The average molecular weight is 442 g/mol. The van der Waals surface area contributed by atoms with Crippen LogP contribution in [-0.2, 0) is 18.6 Å². The smallest absolute Gasteiger partial charge is 0.259 e. The molecule has 9 heteroatoms. The normalized spacial score (nSPS) is 13.6. The Balaban J connectivity index is 1.31. The first kappa shape index (κ1) is 18.8. The second-order valence-corrected chi connectivity index (χ2v) is 10.3. The van der Waals surface area contributed by atoms with Gasteiger partial charge in [0.15, 0.2) is 4.34 Å². The second kappa shape index (κ2) is 7.89. The van der Waals surface area contributed by atoms with Crippen molar-refractivity contribution in [3.63, 3.8) is 0 Å². The molecule has 0 atom stereocenters. The number of aromatic nitrogens is 4. The number of anilines is 2. The van der Waals surface area contributed by atoms with E-state index < -0.39 is 0 Å². The summed E-state index contributed by atoms with van der Waals surface area (Å²) in [4.78, 5) is 22.5. The Morgan fingerprint density at radius 3 is 3.00 bits per heavy atom. The maximum Gasteiger partial charge on any atom is 0.259 e. The van der Waals surface area contributed by atoms with Crippen molar-refractivity contribution in [2.45, 2.75) is 42.7 Å². The number of nitrogens with one attached hydrogen (secondary N) is 2. The molecule has 1 aliphatic rings. The Kier molecular flexibility index (Phi) is 5.11. The molecule has 1 aromatic carbocycles. The summed E-state index contributed by atoms with van der Waals surface area (Å²) in [5.74, 6) is 1.25. The van der Waals surface area contributed by atoms with Crippen molar-refractivity contribution in [2.75, 3.05) is 5.32 Å². The Morgan fingerprint density at radius 1 is 1.21 bits per heavy atom. The third kappa shape index (κ3) is 3.94. The lowest BCUT2D eigenvalue weighted by atomic mass is 9.97. The summed E-state index contributed by atoms with van der Waals surface area (Å²) in [6, 6.07) is 8.14. The van der Waals surface area contributed by atoms with Crippen LogP contribution >= 0.6 is 34.4 Å². The molecule has 0 aliphatic heterocycles. The van der Waals surface area contributed by atoms with Crippen LogP contribution in [0.15, 0.2) is 33.4 Å². The molecule has 2 N–H and O–H groups in total. The zero-order valence-electron chi connectivity index (χ0n) is 15.8. The summed E-state index contributed by atoms with van der Waals surface area (Å²) in [7, 11) is 0. The van der Waals surface area contributed by atoms with Crippen molar-refractivity contribution in [1.29, 1.82) is 0 Å². The number of aromatic amines is 1. The van der Waals surface area contributed by atoms with E-state index in [1.54, 1.807) is 11.3 Å². The Morgan fingerprint density at radius 2 is 2.10 bits per heavy atom. The molecule has 0 unspecified atom stereocenters. The van der Waals surface area contributed by atoms with E-state index in [4.69, 9.17) is 4.98 Å². The molecule has 29 heavy (non-hydrogen) atoms. The SMILES string of the molecule is Cc1cccc(Nc2nnc(SCc3nc4sc5c(c4c(=O)[nH]3)CCCC5)s2)c1. The summed E-state index contributed by atoms with van der Waals surface area (Å²) in [5, 5.41) is 13.3. The standard InChI is InChI=1S/C20H19N5OS3/c1-11-5-4-6-12(9-11)21-19-24-25-20(29-19)27-10-15-22-17(26)16-13-7-2-3-8-14(13)28-18(16)23-15/h4-6,9H,2-3,7-8,10H2,1H3,(H,21,24)(H,22,23,26). The number of hydrogen-bond donors (Lipinski definition) is 2. The highest BCUT2D eigenvalue weighted by atomic mass is 32.2. The molecule has 5 rings (SSSR count). The van der Waals surface area contributed by atoms with Crippen LogP contribution in [0.3, 0.4) is 0 Å². The minimum Gasteiger partial charge on any atom is -0.330 e. The number of rotatable bonds is 5. The molecule has 148 valence electrons. The second-order valence-electron chi connectivity index (χ2n) is 7.06. The van der Waals surface area contributed by atoms with Crippen molar-refractivity contribution < 1.29 is 0 Å². The first-order chi connectivity index (χ1) is 14.2. The van der Waals surface area contributed by atoms with E-state index in [1.807, 2.05) is 12.1 Å². The molecule has 0 fully saturated rings. The number of benzene rings is 1. The van der Waals surface area contributed by atoms with Gasteiger partial charge in [0.05, 0.1) is 11.1 Å². The number of aryl methyl sites for hydroxylation is 3. The third-order valence-corrected chi connectivity index (χ3v) is 8.05. The van der Waals surface area contributed by atoms with Gasteiger partial charge in [0.25, 0.3) is 5.56 Å². The lowest BCUT2D eigenvalue weighted by Gasteiger charge is -2.09. The van der Waals surface area contributed by atoms with E-state index in [0.29, 0.717) is 11.6 Å². The number of hydrogen-bond acceptors (Lipinski definition) is 8. The summed E-state index contributed by atoms with van der Waals surface area (Å²) in [6.45, 7) is 2.06. The van der Waals surface area contributed by atoms with Crippen LogP contribution < -0.4 is 10.9 Å². The number of fused-ring (bicyclic) bond motifs is 3. The molecule has 0 amide bonds. The average Bonchev–Trinajstić information content (AvgIpc) is 3.30. The number of thiophene rings is 1. The summed E-state index contributed by atoms with van der Waals surface area (Å²) in [6.07, 6.45) is 4.43. The molecule has 0 spiro atoms. The molecule has 0 saturated heterocycles. The topological polar surface area (TPSA) is 83.6 Å². The van der Waals surface area contributed by atoms with E-state index in [1.165, 1.54) is 45.5 Å². The van der Waals surface area contributed by atoms with E-state index >= 15 is 0 Å². The highest BCUT2D eigenvalue weighted by Crippen LogP contribution is 2.34. The zero-order chi connectivity index (χ0) is 19.8. The van der Waals surface area contributed by atoms with Crippen LogP contribution in [0.25, 0.3) is 10.2 Å². The van der Waals surface area contributed by atoms with Gasteiger partial charge >= 0.3 is 0 Å². The molecule has 3 heterocycles. The Hall–Kier alpha value is -2.23. The quantitative estimate of drug-likeness (QED) is 0.421. The monoisotopic (exact) mass is 441 g/mol. The molecule has 0 radical (unpaired) electrons. The Bertz CT molecular complexity index is 1240. The lowest BCUT2D eigenvalue weighted by molar-refractivity contribution is 0.700. The molecule has 3 aromatic heterocycles. The van der Waals surface area contributed by atoms with Crippen molar-refractivity contribution in [2.24, 2.45) is 0 Å². The van der Waals surface area contributed by atoms with Crippen molar-refractivity contribution in [3.8, 4) is 0 Å². The van der Waals surface area contributed by atoms with Gasteiger partial charge in [-0.2, -0.15) is 0 Å². The van der Waals surface area contributed by atoms with E-state index in [-0.39, 0.29) is 5.56 Å². The van der Waals surface area contributed by atoms with E-state index in [2.05, 4.69) is 39.6 Å². The van der Waals surface area contributed by atoms with Crippen LogP contribution in [0.2, 0.25) is 0 Å². The molecule has 0 bridgehead atoms. The number of H-pyrrole nitrogens is 1. The fourth-order valence-corrected chi connectivity index (χ4v) is 6.50. The van der Waals surface area contributed by atoms with E-state index in [9.17, 15) is 4.79 Å². The first-order valence-corrected chi connectivity index (χ1v) is 12.1. The highest BCUT2D eigenvalue weighted by Gasteiger charge is 2.20. The number of nitrogens with zero attached hydrogens (tertiary/aromatic N) is 3. The van der Waals surface area contributed by atoms with Crippen molar-refractivity contribution >= 4 is 55.5 Å². The molecule has 6 nitrogen and oxygen atoms in total. The zero-order valence-corrected chi connectivity index (χ0v) is 18.3. The summed E-state index contributed by atoms with van der Waals surface area (Å²) < 4.78 is 0.841. The van der Waals surface area contributed by atoms with Crippen LogP contribution in [0.5, 0.6) is 0 Å². The fraction of sp³-hybridized carbons (Fsp3) is 0.300.